The number of hydrogen-bond donors (Lipinski definition) is 2. The molecule has 3 nitrogen and oxygen atoms in total. The minimum absolute atomic E-state index is 0.176. The van der Waals surface area contributed by atoms with Gasteiger partial charge >= 0.3 is 0 Å². The van der Waals surface area contributed by atoms with Gasteiger partial charge in [0.05, 0.1) is 10.7 Å². The Bertz CT molecular complexity index is 344. The van der Waals surface area contributed by atoms with Gasteiger partial charge < -0.3 is 11.1 Å². The first-order chi connectivity index (χ1) is 6.63. The predicted octanol–water partition coefficient (Wildman–Crippen LogP) is 1.77. The number of carbonyl (C=O) groups is 1. The van der Waals surface area contributed by atoms with E-state index in [-0.39, 0.29) is 23.9 Å². The van der Waals surface area contributed by atoms with Gasteiger partial charge in [-0.2, -0.15) is 0 Å². The number of halogens is 2. The van der Waals surface area contributed by atoms with E-state index in [1.807, 2.05) is 0 Å². The molecule has 0 aliphatic heterocycles. The normalized spacial score (nSPS) is 9.93. The van der Waals surface area contributed by atoms with Crippen LogP contribution in [0.2, 0.25) is 5.02 Å². The van der Waals surface area contributed by atoms with Crippen LogP contribution in [-0.4, -0.2) is 12.5 Å². The van der Waals surface area contributed by atoms with Crippen LogP contribution in [0.5, 0.6) is 0 Å². The van der Waals surface area contributed by atoms with Crippen molar-refractivity contribution in [3.05, 3.63) is 29.0 Å². The fraction of sp³-hybridized carbons (Fsp3) is 0.222. The Hall–Kier alpha value is -1.13. The van der Waals surface area contributed by atoms with Crippen molar-refractivity contribution >= 4 is 23.2 Å². The molecule has 0 fully saturated rings. The highest BCUT2D eigenvalue weighted by atomic mass is 35.5. The van der Waals surface area contributed by atoms with Gasteiger partial charge in [-0.05, 0) is 18.2 Å². The van der Waals surface area contributed by atoms with Crippen molar-refractivity contribution in [3.8, 4) is 0 Å². The lowest BCUT2D eigenvalue weighted by molar-refractivity contribution is -0.116. The van der Waals surface area contributed by atoms with E-state index in [4.69, 9.17) is 17.3 Å². The first kappa shape index (κ1) is 10.9. The molecule has 0 saturated heterocycles. The van der Waals surface area contributed by atoms with Gasteiger partial charge in [0.1, 0.15) is 5.82 Å². The molecule has 0 spiro atoms. The van der Waals surface area contributed by atoms with Crippen molar-refractivity contribution < 1.29 is 9.18 Å². The van der Waals surface area contributed by atoms with E-state index in [0.717, 1.165) is 6.07 Å². The van der Waals surface area contributed by atoms with E-state index < -0.39 is 5.82 Å². The highest BCUT2D eigenvalue weighted by Crippen LogP contribution is 2.22. The standard InChI is InChI=1S/C9H10ClFN2O/c10-7-5-6(11)1-2-8(7)13-9(14)3-4-12/h1-2,5H,3-4,12H2,(H,13,14). The molecule has 1 amide bonds. The molecule has 0 aliphatic rings. The summed E-state index contributed by atoms with van der Waals surface area (Å²) < 4.78 is 12.6. The summed E-state index contributed by atoms with van der Waals surface area (Å²) in [6.07, 6.45) is 0.216. The molecule has 0 heterocycles. The van der Waals surface area contributed by atoms with Crippen LogP contribution >= 0.6 is 11.6 Å². The molecule has 0 aliphatic carbocycles. The molecular formula is C9H10ClFN2O. The summed E-state index contributed by atoms with van der Waals surface area (Å²) in [7, 11) is 0. The van der Waals surface area contributed by atoms with E-state index >= 15 is 0 Å². The highest BCUT2D eigenvalue weighted by molar-refractivity contribution is 6.33. The molecule has 0 aromatic heterocycles. The molecule has 1 aromatic rings. The molecule has 0 bridgehead atoms. The second-order valence-electron chi connectivity index (χ2n) is 2.71. The number of nitrogens with two attached hydrogens (primary N) is 1. The number of benzene rings is 1. The van der Waals surface area contributed by atoms with Crippen molar-refractivity contribution in [2.24, 2.45) is 5.73 Å². The number of amides is 1. The zero-order chi connectivity index (χ0) is 10.6. The van der Waals surface area contributed by atoms with Gasteiger partial charge in [-0.15, -0.1) is 0 Å². The molecule has 1 rings (SSSR count). The van der Waals surface area contributed by atoms with Crippen LogP contribution in [-0.2, 0) is 4.79 Å². The van der Waals surface area contributed by atoms with E-state index in [1.54, 1.807) is 0 Å². The molecule has 0 saturated carbocycles. The van der Waals surface area contributed by atoms with Crippen LogP contribution in [0.3, 0.4) is 0 Å². The van der Waals surface area contributed by atoms with Crippen LogP contribution in [0, 0.1) is 5.82 Å². The lowest BCUT2D eigenvalue weighted by Crippen LogP contribution is -2.16. The Kier molecular flexibility index (Phi) is 3.85. The fourth-order valence-electron chi connectivity index (χ4n) is 0.935. The average molecular weight is 217 g/mol. The fourth-order valence-corrected chi connectivity index (χ4v) is 1.15. The van der Waals surface area contributed by atoms with Crippen LogP contribution in [0.25, 0.3) is 0 Å². The molecule has 0 radical (unpaired) electrons. The topological polar surface area (TPSA) is 55.1 Å². The van der Waals surface area contributed by atoms with Gasteiger partial charge in [0.15, 0.2) is 0 Å². The van der Waals surface area contributed by atoms with Crippen LogP contribution in [0.4, 0.5) is 10.1 Å². The first-order valence-corrected chi connectivity index (χ1v) is 4.46. The van der Waals surface area contributed by atoms with Crippen LogP contribution in [0.15, 0.2) is 18.2 Å². The maximum absolute atomic E-state index is 12.6. The smallest absolute Gasteiger partial charge is 0.225 e. The molecule has 0 unspecified atom stereocenters. The Morgan fingerprint density at radius 3 is 2.86 bits per heavy atom. The summed E-state index contributed by atoms with van der Waals surface area (Å²) in [4.78, 5) is 11.1. The lowest BCUT2D eigenvalue weighted by atomic mass is 10.3. The van der Waals surface area contributed by atoms with E-state index in [9.17, 15) is 9.18 Å². The average Bonchev–Trinajstić information content (AvgIpc) is 2.10. The van der Waals surface area contributed by atoms with Gasteiger partial charge in [-0.25, -0.2) is 4.39 Å². The van der Waals surface area contributed by atoms with Gasteiger partial charge in [0.2, 0.25) is 5.91 Å². The van der Waals surface area contributed by atoms with Gasteiger partial charge in [-0.1, -0.05) is 11.6 Å². The Balaban J connectivity index is 2.72. The maximum atomic E-state index is 12.6. The van der Waals surface area contributed by atoms with Crippen molar-refractivity contribution in [1.82, 2.24) is 0 Å². The number of anilines is 1. The lowest BCUT2D eigenvalue weighted by Gasteiger charge is -2.05. The summed E-state index contributed by atoms with van der Waals surface area (Å²) >= 11 is 5.69. The van der Waals surface area contributed by atoms with Crippen molar-refractivity contribution in [3.63, 3.8) is 0 Å². The number of hydrogen-bond acceptors (Lipinski definition) is 2. The Morgan fingerprint density at radius 1 is 1.57 bits per heavy atom. The largest absolute Gasteiger partial charge is 0.330 e. The molecule has 1 aromatic carbocycles. The van der Waals surface area contributed by atoms with Crippen LogP contribution in [0.1, 0.15) is 6.42 Å². The van der Waals surface area contributed by atoms with E-state index in [1.165, 1.54) is 12.1 Å². The minimum Gasteiger partial charge on any atom is -0.330 e. The molecule has 5 heteroatoms. The Labute approximate surface area is 86.0 Å². The molecule has 3 N–H and O–H groups in total. The third-order valence-electron chi connectivity index (χ3n) is 1.58. The highest BCUT2D eigenvalue weighted by Gasteiger charge is 2.05. The van der Waals surface area contributed by atoms with Crippen LogP contribution < -0.4 is 11.1 Å². The maximum Gasteiger partial charge on any atom is 0.225 e. The molecule has 0 atom stereocenters. The summed E-state index contributed by atoms with van der Waals surface area (Å²) in [6.45, 7) is 0.268. The monoisotopic (exact) mass is 216 g/mol. The van der Waals surface area contributed by atoms with Crippen molar-refractivity contribution in [2.45, 2.75) is 6.42 Å². The minimum atomic E-state index is -0.438. The zero-order valence-corrected chi connectivity index (χ0v) is 8.14. The van der Waals surface area contributed by atoms with E-state index in [2.05, 4.69) is 5.32 Å². The van der Waals surface area contributed by atoms with Crippen molar-refractivity contribution in [2.75, 3.05) is 11.9 Å². The summed E-state index contributed by atoms with van der Waals surface area (Å²) in [5.74, 6) is -0.673. The Morgan fingerprint density at radius 2 is 2.29 bits per heavy atom. The molecule has 14 heavy (non-hydrogen) atoms. The second kappa shape index (κ2) is 4.93. The summed E-state index contributed by atoms with van der Waals surface area (Å²) in [5, 5.41) is 2.70. The number of carbonyl (C=O) groups excluding carboxylic acids is 1. The van der Waals surface area contributed by atoms with Crippen molar-refractivity contribution in [1.29, 1.82) is 0 Å². The molecular weight excluding hydrogens is 207 g/mol. The molecule has 76 valence electrons. The van der Waals surface area contributed by atoms with E-state index in [0.29, 0.717) is 5.69 Å². The number of nitrogens with one attached hydrogen (secondary N) is 1. The SMILES string of the molecule is NCCC(=O)Nc1ccc(F)cc1Cl. The van der Waals surface area contributed by atoms with Gasteiger partial charge in [0, 0.05) is 13.0 Å². The third-order valence-corrected chi connectivity index (χ3v) is 1.89. The quantitative estimate of drug-likeness (QED) is 0.809. The zero-order valence-electron chi connectivity index (χ0n) is 7.39. The van der Waals surface area contributed by atoms with Gasteiger partial charge in [-0.3, -0.25) is 4.79 Å². The van der Waals surface area contributed by atoms with Gasteiger partial charge in [0.25, 0.3) is 0 Å². The first-order valence-electron chi connectivity index (χ1n) is 4.08. The predicted molar refractivity (Wildman–Crippen MR) is 53.7 cm³/mol. The number of rotatable bonds is 3. The summed E-state index contributed by atoms with van der Waals surface area (Å²) in [6, 6.07) is 3.77. The summed E-state index contributed by atoms with van der Waals surface area (Å²) in [5.41, 5.74) is 5.59. The third kappa shape index (κ3) is 2.97. The second-order valence-corrected chi connectivity index (χ2v) is 3.12.